The molecule has 6 heteroatoms. The van der Waals surface area contributed by atoms with Gasteiger partial charge in [-0.25, -0.2) is 0 Å². The molecule has 6 nitrogen and oxygen atoms in total. The Morgan fingerprint density at radius 3 is 2.63 bits per heavy atom. The van der Waals surface area contributed by atoms with Crippen molar-refractivity contribution in [3.63, 3.8) is 0 Å². The normalized spacial score (nSPS) is 10.8. The Bertz CT molecular complexity index is 1260. The lowest BCUT2D eigenvalue weighted by atomic mass is 9.93. The largest absolute Gasteiger partial charge is 0.488 e. The molecule has 2 N–H and O–H groups in total. The second-order valence-corrected chi connectivity index (χ2v) is 8.28. The fourth-order valence-electron chi connectivity index (χ4n) is 3.90. The molecule has 4 aromatic rings. The molecule has 0 saturated heterocycles. The van der Waals surface area contributed by atoms with Crippen LogP contribution in [0.25, 0.3) is 11.1 Å². The maximum atomic E-state index is 13.2. The van der Waals surface area contributed by atoms with Crippen LogP contribution in [0.3, 0.4) is 0 Å². The number of carbonyl (C=O) groups is 1. The molecule has 0 atom stereocenters. The number of nitrogens with one attached hydrogen (secondary N) is 1. The number of hydrogen-bond donors (Lipinski definition) is 2. The van der Waals surface area contributed by atoms with E-state index in [-0.39, 0.29) is 18.8 Å². The first-order valence-corrected chi connectivity index (χ1v) is 11.6. The lowest BCUT2D eigenvalue weighted by Crippen LogP contribution is -2.19. The number of rotatable bonds is 11. The number of benzene rings is 2. The maximum Gasteiger partial charge on any atom is 0.185 e. The number of ketones is 1. The van der Waals surface area contributed by atoms with Gasteiger partial charge >= 0.3 is 0 Å². The summed E-state index contributed by atoms with van der Waals surface area (Å²) in [6.45, 7) is 3.35. The van der Waals surface area contributed by atoms with Gasteiger partial charge in [-0.15, -0.1) is 0 Å². The van der Waals surface area contributed by atoms with Gasteiger partial charge in [-0.1, -0.05) is 54.6 Å². The molecular weight excluding hydrogens is 438 g/mol. The van der Waals surface area contributed by atoms with Gasteiger partial charge < -0.3 is 15.2 Å². The van der Waals surface area contributed by atoms with Crippen LogP contribution in [0.5, 0.6) is 5.75 Å². The van der Waals surface area contributed by atoms with Gasteiger partial charge in [0.1, 0.15) is 18.1 Å². The van der Waals surface area contributed by atoms with Crippen molar-refractivity contribution in [2.75, 3.05) is 13.2 Å². The third-order valence-corrected chi connectivity index (χ3v) is 5.83. The van der Waals surface area contributed by atoms with E-state index in [1.807, 2.05) is 42.5 Å². The minimum Gasteiger partial charge on any atom is -0.488 e. The Morgan fingerprint density at radius 2 is 1.86 bits per heavy atom. The highest BCUT2D eigenvalue weighted by molar-refractivity contribution is 5.96. The third-order valence-electron chi connectivity index (χ3n) is 5.83. The molecule has 35 heavy (non-hydrogen) atoms. The lowest BCUT2D eigenvalue weighted by Gasteiger charge is -2.14. The molecule has 0 aliphatic rings. The van der Waals surface area contributed by atoms with E-state index in [2.05, 4.69) is 40.4 Å². The molecule has 0 fully saturated rings. The molecule has 0 aliphatic carbocycles. The molecule has 0 aliphatic heterocycles. The number of Topliss-reactive ketones (excluding diaryl/α,β-unsaturated/α-hetero) is 1. The number of aliphatic hydroxyl groups is 1. The van der Waals surface area contributed by atoms with Crippen LogP contribution < -0.4 is 10.1 Å². The highest BCUT2D eigenvalue weighted by atomic mass is 16.5. The number of aromatic nitrogens is 2. The predicted molar refractivity (Wildman–Crippen MR) is 136 cm³/mol. The topological polar surface area (TPSA) is 84.3 Å². The molecule has 2 aromatic carbocycles. The van der Waals surface area contributed by atoms with Gasteiger partial charge in [0, 0.05) is 55.3 Å². The van der Waals surface area contributed by atoms with E-state index in [0.717, 1.165) is 33.4 Å². The zero-order chi connectivity index (χ0) is 24.5. The summed E-state index contributed by atoms with van der Waals surface area (Å²) in [7, 11) is 0. The maximum absolute atomic E-state index is 13.2. The summed E-state index contributed by atoms with van der Waals surface area (Å²) in [6, 6.07) is 21.7. The van der Waals surface area contributed by atoms with Crippen molar-refractivity contribution in [2.45, 2.75) is 26.5 Å². The standard InChI is InChI=1S/C29H29N3O3/c1-21-24(10-5-11-26(21)23-8-3-2-4-9-23)15-28(34)27-16-29(25(19-32-27)18-31-13-14-33)35-20-22-7-6-12-30-17-22/h2-12,16-17,19,31,33H,13-15,18,20H2,1H3. The highest BCUT2D eigenvalue weighted by Crippen LogP contribution is 2.27. The number of nitrogens with zero attached hydrogens (tertiary/aromatic N) is 2. The van der Waals surface area contributed by atoms with Crippen molar-refractivity contribution < 1.29 is 14.6 Å². The molecule has 4 rings (SSSR count). The number of pyridine rings is 2. The second kappa shape index (κ2) is 12.0. The van der Waals surface area contributed by atoms with E-state index in [0.29, 0.717) is 31.1 Å². The van der Waals surface area contributed by atoms with E-state index in [1.54, 1.807) is 24.7 Å². The molecule has 178 valence electrons. The van der Waals surface area contributed by atoms with E-state index in [4.69, 9.17) is 9.84 Å². The fourth-order valence-corrected chi connectivity index (χ4v) is 3.90. The van der Waals surface area contributed by atoms with Crippen LogP contribution in [0, 0.1) is 6.92 Å². The summed E-state index contributed by atoms with van der Waals surface area (Å²) in [4.78, 5) is 21.8. The summed E-state index contributed by atoms with van der Waals surface area (Å²) in [6.07, 6.45) is 5.39. The van der Waals surface area contributed by atoms with Crippen molar-refractivity contribution in [1.29, 1.82) is 0 Å². The smallest absolute Gasteiger partial charge is 0.185 e. The highest BCUT2D eigenvalue weighted by Gasteiger charge is 2.16. The predicted octanol–water partition coefficient (Wildman–Crippen LogP) is 4.54. The Balaban J connectivity index is 1.55. The lowest BCUT2D eigenvalue weighted by molar-refractivity contribution is 0.0987. The molecule has 0 saturated carbocycles. The summed E-state index contributed by atoms with van der Waals surface area (Å²) < 4.78 is 6.06. The first kappa shape index (κ1) is 24.3. The molecular formula is C29H29N3O3. The van der Waals surface area contributed by atoms with Gasteiger partial charge in [0.25, 0.3) is 0 Å². The van der Waals surface area contributed by atoms with Gasteiger partial charge in [-0.05, 0) is 35.2 Å². The summed E-state index contributed by atoms with van der Waals surface area (Å²) in [5.41, 5.74) is 6.43. The Morgan fingerprint density at radius 1 is 1.00 bits per heavy atom. The Hall–Kier alpha value is -3.87. The summed E-state index contributed by atoms with van der Waals surface area (Å²) in [5, 5.41) is 12.2. The number of hydrogen-bond acceptors (Lipinski definition) is 6. The first-order valence-electron chi connectivity index (χ1n) is 11.6. The first-order chi connectivity index (χ1) is 17.2. The van der Waals surface area contributed by atoms with E-state index >= 15 is 0 Å². The monoisotopic (exact) mass is 467 g/mol. The molecule has 0 amide bonds. The van der Waals surface area contributed by atoms with Crippen LogP contribution in [0.2, 0.25) is 0 Å². The van der Waals surface area contributed by atoms with Crippen LogP contribution in [0.1, 0.15) is 32.7 Å². The van der Waals surface area contributed by atoms with E-state index in [1.165, 1.54) is 0 Å². The van der Waals surface area contributed by atoms with Gasteiger partial charge in [0.05, 0.1) is 6.61 Å². The van der Waals surface area contributed by atoms with Crippen molar-refractivity contribution >= 4 is 5.78 Å². The molecule has 0 radical (unpaired) electrons. The van der Waals surface area contributed by atoms with E-state index < -0.39 is 0 Å². The van der Waals surface area contributed by atoms with Gasteiger partial charge in [0.2, 0.25) is 0 Å². The number of carbonyl (C=O) groups excluding carboxylic acids is 1. The van der Waals surface area contributed by atoms with Crippen LogP contribution in [-0.4, -0.2) is 34.0 Å². The number of ether oxygens (including phenoxy) is 1. The van der Waals surface area contributed by atoms with Crippen molar-refractivity contribution in [3.05, 3.63) is 113 Å². The van der Waals surface area contributed by atoms with Crippen LogP contribution >= 0.6 is 0 Å². The van der Waals surface area contributed by atoms with Gasteiger partial charge in [-0.2, -0.15) is 0 Å². The van der Waals surface area contributed by atoms with Gasteiger partial charge in [-0.3, -0.25) is 14.8 Å². The molecule has 0 bridgehead atoms. The molecule has 0 unspecified atom stereocenters. The SMILES string of the molecule is Cc1c(CC(=O)c2cc(OCc3cccnc3)c(CNCCO)cn2)cccc1-c1ccccc1. The summed E-state index contributed by atoms with van der Waals surface area (Å²) in [5.74, 6) is 0.520. The second-order valence-electron chi connectivity index (χ2n) is 8.28. The Labute approximate surface area is 205 Å². The molecule has 0 spiro atoms. The van der Waals surface area contributed by atoms with Crippen LogP contribution in [0.4, 0.5) is 0 Å². The third kappa shape index (κ3) is 6.38. The number of aliphatic hydroxyl groups excluding tert-OH is 1. The average molecular weight is 468 g/mol. The molecule has 2 heterocycles. The van der Waals surface area contributed by atoms with E-state index in [9.17, 15) is 4.79 Å². The fraction of sp³-hybridized carbons (Fsp3) is 0.207. The molecule has 2 aromatic heterocycles. The van der Waals surface area contributed by atoms with Crippen molar-refractivity contribution in [2.24, 2.45) is 0 Å². The van der Waals surface area contributed by atoms with Crippen molar-refractivity contribution in [1.82, 2.24) is 15.3 Å². The van der Waals surface area contributed by atoms with Crippen LogP contribution in [0.15, 0.2) is 85.3 Å². The Kier molecular flexibility index (Phi) is 8.33. The minimum atomic E-state index is -0.0700. The minimum absolute atomic E-state index is 0.0390. The quantitative estimate of drug-likeness (QED) is 0.249. The zero-order valence-corrected chi connectivity index (χ0v) is 19.8. The van der Waals surface area contributed by atoms with Crippen molar-refractivity contribution in [3.8, 4) is 16.9 Å². The average Bonchev–Trinajstić information content (AvgIpc) is 2.90. The van der Waals surface area contributed by atoms with Crippen LogP contribution in [-0.2, 0) is 19.6 Å². The summed E-state index contributed by atoms with van der Waals surface area (Å²) >= 11 is 0. The zero-order valence-electron chi connectivity index (χ0n) is 19.8. The van der Waals surface area contributed by atoms with Gasteiger partial charge in [0.15, 0.2) is 5.78 Å².